The van der Waals surface area contributed by atoms with Gasteiger partial charge in [-0.2, -0.15) is 0 Å². The van der Waals surface area contributed by atoms with Gasteiger partial charge in [-0.3, -0.25) is 0 Å². The molecule has 0 spiro atoms. The minimum absolute atomic E-state index is 0.163. The van der Waals surface area contributed by atoms with Gasteiger partial charge in [0, 0.05) is 6.54 Å². The first-order chi connectivity index (χ1) is 6.16. The number of hydrogen-bond donors (Lipinski definition) is 2. The predicted molar refractivity (Wildman–Crippen MR) is 57.0 cm³/mol. The molecule has 0 amide bonds. The van der Waals surface area contributed by atoms with Crippen molar-refractivity contribution in [2.45, 2.75) is 32.3 Å². The van der Waals surface area contributed by atoms with Crippen molar-refractivity contribution in [1.82, 2.24) is 10.2 Å². The molecular formula is C10H24N2O. The fraction of sp³-hybridized carbons (Fsp3) is 1.00. The molecule has 80 valence electrons. The summed E-state index contributed by atoms with van der Waals surface area (Å²) in [5, 5.41) is 12.6. The Labute approximate surface area is 82.1 Å². The van der Waals surface area contributed by atoms with Gasteiger partial charge in [0.05, 0.1) is 6.10 Å². The molecule has 0 fully saturated rings. The second-order valence-corrected chi connectivity index (χ2v) is 3.80. The van der Waals surface area contributed by atoms with Crippen molar-refractivity contribution >= 4 is 0 Å². The highest BCUT2D eigenvalue weighted by Gasteiger charge is 2.00. The molecule has 0 radical (unpaired) electrons. The molecule has 0 rings (SSSR count). The third-order valence-electron chi connectivity index (χ3n) is 1.96. The fourth-order valence-corrected chi connectivity index (χ4v) is 1.22. The zero-order valence-electron chi connectivity index (χ0n) is 9.21. The number of aliphatic hydroxyl groups excluding tert-OH is 1. The fourth-order valence-electron chi connectivity index (χ4n) is 1.22. The molecule has 0 aromatic rings. The van der Waals surface area contributed by atoms with Crippen LogP contribution in [0.15, 0.2) is 0 Å². The van der Waals surface area contributed by atoms with E-state index >= 15 is 0 Å². The quantitative estimate of drug-likeness (QED) is 0.550. The first-order valence-electron chi connectivity index (χ1n) is 5.20. The minimum atomic E-state index is -0.163. The van der Waals surface area contributed by atoms with Crippen molar-refractivity contribution in [2.75, 3.05) is 33.7 Å². The lowest BCUT2D eigenvalue weighted by Gasteiger charge is -2.12. The van der Waals surface area contributed by atoms with E-state index in [2.05, 4.69) is 31.2 Å². The van der Waals surface area contributed by atoms with Crippen molar-refractivity contribution in [3.05, 3.63) is 0 Å². The molecule has 2 N–H and O–H groups in total. The van der Waals surface area contributed by atoms with Crippen LogP contribution in [-0.4, -0.2) is 49.8 Å². The molecule has 0 aliphatic rings. The molecular weight excluding hydrogens is 164 g/mol. The van der Waals surface area contributed by atoms with Crippen LogP contribution in [0.3, 0.4) is 0 Å². The summed E-state index contributed by atoms with van der Waals surface area (Å²) in [5.74, 6) is 0. The second kappa shape index (κ2) is 8.48. The van der Waals surface area contributed by atoms with Crippen LogP contribution < -0.4 is 5.32 Å². The van der Waals surface area contributed by atoms with Gasteiger partial charge in [0.2, 0.25) is 0 Å². The highest BCUT2D eigenvalue weighted by Crippen LogP contribution is 1.93. The summed E-state index contributed by atoms with van der Waals surface area (Å²) < 4.78 is 0. The first-order valence-corrected chi connectivity index (χ1v) is 5.20. The van der Waals surface area contributed by atoms with Crippen LogP contribution in [-0.2, 0) is 0 Å². The molecule has 0 saturated heterocycles. The maximum absolute atomic E-state index is 9.38. The van der Waals surface area contributed by atoms with Crippen LogP contribution in [0.25, 0.3) is 0 Å². The van der Waals surface area contributed by atoms with Gasteiger partial charge in [-0.1, -0.05) is 13.3 Å². The summed E-state index contributed by atoms with van der Waals surface area (Å²) in [6.07, 6.45) is 2.94. The monoisotopic (exact) mass is 188 g/mol. The molecule has 0 aromatic heterocycles. The lowest BCUT2D eigenvalue weighted by Crippen LogP contribution is -2.29. The summed E-state index contributed by atoms with van der Waals surface area (Å²) in [7, 11) is 4.15. The third-order valence-corrected chi connectivity index (χ3v) is 1.96. The largest absolute Gasteiger partial charge is 0.392 e. The molecule has 3 nitrogen and oxygen atoms in total. The lowest BCUT2D eigenvalue weighted by molar-refractivity contribution is 0.160. The van der Waals surface area contributed by atoms with Crippen LogP contribution in [0, 0.1) is 0 Å². The molecule has 0 aromatic carbocycles. The van der Waals surface area contributed by atoms with Crippen molar-refractivity contribution in [3.8, 4) is 0 Å². The Morgan fingerprint density at radius 2 is 2.08 bits per heavy atom. The normalized spacial score (nSPS) is 13.6. The Kier molecular flexibility index (Phi) is 8.40. The van der Waals surface area contributed by atoms with E-state index in [0.717, 1.165) is 38.9 Å². The molecule has 0 heterocycles. The van der Waals surface area contributed by atoms with Crippen molar-refractivity contribution in [2.24, 2.45) is 0 Å². The summed E-state index contributed by atoms with van der Waals surface area (Å²) >= 11 is 0. The standard InChI is InChI=1S/C10H24N2O/c1-4-6-10(13)9-11-7-5-8-12(2)3/h10-11,13H,4-9H2,1-3H3. The van der Waals surface area contributed by atoms with Crippen molar-refractivity contribution in [1.29, 1.82) is 0 Å². The van der Waals surface area contributed by atoms with Gasteiger partial charge in [-0.05, 0) is 40.0 Å². The van der Waals surface area contributed by atoms with Gasteiger partial charge < -0.3 is 15.3 Å². The Balaban J connectivity index is 3.06. The number of nitrogens with zero attached hydrogens (tertiary/aromatic N) is 1. The average Bonchev–Trinajstić information content (AvgIpc) is 2.03. The summed E-state index contributed by atoms with van der Waals surface area (Å²) in [4.78, 5) is 2.17. The molecule has 0 aliphatic heterocycles. The van der Waals surface area contributed by atoms with Gasteiger partial charge in [-0.15, -0.1) is 0 Å². The second-order valence-electron chi connectivity index (χ2n) is 3.80. The van der Waals surface area contributed by atoms with E-state index in [4.69, 9.17) is 0 Å². The summed E-state index contributed by atoms with van der Waals surface area (Å²) in [6.45, 7) is 4.94. The van der Waals surface area contributed by atoms with Crippen LogP contribution in [0.5, 0.6) is 0 Å². The number of nitrogens with one attached hydrogen (secondary N) is 1. The van der Waals surface area contributed by atoms with E-state index in [1.54, 1.807) is 0 Å². The van der Waals surface area contributed by atoms with Crippen LogP contribution in [0.2, 0.25) is 0 Å². The van der Waals surface area contributed by atoms with Gasteiger partial charge >= 0.3 is 0 Å². The minimum Gasteiger partial charge on any atom is -0.392 e. The maximum Gasteiger partial charge on any atom is 0.0664 e. The summed E-state index contributed by atoms with van der Waals surface area (Å²) in [6, 6.07) is 0. The smallest absolute Gasteiger partial charge is 0.0664 e. The molecule has 13 heavy (non-hydrogen) atoms. The lowest BCUT2D eigenvalue weighted by atomic mass is 10.2. The number of hydrogen-bond acceptors (Lipinski definition) is 3. The van der Waals surface area contributed by atoms with Crippen molar-refractivity contribution < 1.29 is 5.11 Å². The Hall–Kier alpha value is -0.120. The molecule has 0 saturated carbocycles. The predicted octanol–water partition coefficient (Wildman–Crippen LogP) is 0.689. The zero-order valence-corrected chi connectivity index (χ0v) is 9.21. The molecule has 3 heteroatoms. The van der Waals surface area contributed by atoms with Crippen LogP contribution >= 0.6 is 0 Å². The third kappa shape index (κ3) is 9.80. The average molecular weight is 188 g/mol. The Bertz CT molecular complexity index is 107. The summed E-state index contributed by atoms with van der Waals surface area (Å²) in [5.41, 5.74) is 0. The van der Waals surface area contributed by atoms with E-state index in [1.165, 1.54) is 0 Å². The van der Waals surface area contributed by atoms with E-state index in [1.807, 2.05) is 0 Å². The Morgan fingerprint density at radius 1 is 1.38 bits per heavy atom. The highest BCUT2D eigenvalue weighted by molar-refractivity contribution is 4.58. The SMILES string of the molecule is CCCC(O)CNCCCN(C)C. The number of rotatable bonds is 8. The van der Waals surface area contributed by atoms with Gasteiger partial charge in [0.25, 0.3) is 0 Å². The molecule has 1 unspecified atom stereocenters. The number of aliphatic hydroxyl groups is 1. The van der Waals surface area contributed by atoms with Crippen LogP contribution in [0.4, 0.5) is 0 Å². The first kappa shape index (κ1) is 12.9. The highest BCUT2D eigenvalue weighted by atomic mass is 16.3. The van der Waals surface area contributed by atoms with Gasteiger partial charge in [0.15, 0.2) is 0 Å². The van der Waals surface area contributed by atoms with E-state index in [9.17, 15) is 5.11 Å². The zero-order chi connectivity index (χ0) is 10.1. The molecule has 0 bridgehead atoms. The van der Waals surface area contributed by atoms with Gasteiger partial charge in [-0.25, -0.2) is 0 Å². The van der Waals surface area contributed by atoms with E-state index in [0.29, 0.717) is 0 Å². The van der Waals surface area contributed by atoms with Gasteiger partial charge in [0.1, 0.15) is 0 Å². The molecule has 0 aliphatic carbocycles. The van der Waals surface area contributed by atoms with E-state index in [-0.39, 0.29) is 6.10 Å². The topological polar surface area (TPSA) is 35.5 Å². The Morgan fingerprint density at radius 3 is 2.62 bits per heavy atom. The van der Waals surface area contributed by atoms with Crippen molar-refractivity contribution in [3.63, 3.8) is 0 Å². The van der Waals surface area contributed by atoms with E-state index < -0.39 is 0 Å². The maximum atomic E-state index is 9.38. The van der Waals surface area contributed by atoms with Crippen LogP contribution in [0.1, 0.15) is 26.2 Å². The molecule has 1 atom stereocenters.